The van der Waals surface area contributed by atoms with Gasteiger partial charge in [-0.15, -0.1) is 0 Å². The van der Waals surface area contributed by atoms with Gasteiger partial charge in [-0.3, -0.25) is 4.79 Å². The molecule has 1 amide bonds. The Morgan fingerprint density at radius 3 is 2.55 bits per heavy atom. The van der Waals surface area contributed by atoms with E-state index in [2.05, 4.69) is 0 Å². The number of benzene rings is 3. The van der Waals surface area contributed by atoms with Gasteiger partial charge < -0.3 is 23.8 Å². The van der Waals surface area contributed by atoms with Crippen molar-refractivity contribution in [1.82, 2.24) is 0 Å². The predicted molar refractivity (Wildman–Crippen MR) is 114 cm³/mol. The number of hydrogen-bond donors (Lipinski definition) is 0. The fourth-order valence-corrected chi connectivity index (χ4v) is 4.82. The Labute approximate surface area is 179 Å². The molecule has 0 fully saturated rings. The van der Waals surface area contributed by atoms with Crippen LogP contribution in [0.5, 0.6) is 23.0 Å². The molecule has 3 aliphatic rings. The van der Waals surface area contributed by atoms with Gasteiger partial charge in [0.05, 0.1) is 13.7 Å². The summed E-state index contributed by atoms with van der Waals surface area (Å²) < 4.78 is 22.9. The van der Waals surface area contributed by atoms with Crippen LogP contribution in [0.2, 0.25) is 0 Å². The molecule has 156 valence electrons. The summed E-state index contributed by atoms with van der Waals surface area (Å²) in [6.45, 7) is 1.71. The molecule has 3 aliphatic heterocycles. The summed E-state index contributed by atoms with van der Waals surface area (Å²) in [4.78, 5) is 15.9. The summed E-state index contributed by atoms with van der Waals surface area (Å²) in [6, 6.07) is 19.5. The van der Waals surface area contributed by atoms with E-state index in [1.807, 2.05) is 65.6 Å². The normalized spacial score (nSPS) is 20.4. The number of rotatable bonds is 3. The van der Waals surface area contributed by atoms with Crippen LogP contribution in [-0.2, 0) is 16.8 Å². The Kier molecular flexibility index (Phi) is 3.90. The van der Waals surface area contributed by atoms with Crippen molar-refractivity contribution in [3.05, 3.63) is 77.4 Å². The van der Waals surface area contributed by atoms with Crippen LogP contribution in [0.15, 0.2) is 60.7 Å². The molecule has 0 saturated carbocycles. The van der Waals surface area contributed by atoms with Gasteiger partial charge in [0.1, 0.15) is 36.7 Å². The van der Waals surface area contributed by atoms with Crippen molar-refractivity contribution in [3.8, 4) is 23.0 Å². The van der Waals surface area contributed by atoms with Gasteiger partial charge in [0.2, 0.25) is 5.91 Å². The van der Waals surface area contributed by atoms with Crippen molar-refractivity contribution in [2.45, 2.75) is 12.0 Å². The third-order valence-electron chi connectivity index (χ3n) is 6.29. The van der Waals surface area contributed by atoms with Crippen LogP contribution >= 0.6 is 0 Å². The number of para-hydroxylation sites is 1. The quantitative estimate of drug-likeness (QED) is 0.653. The zero-order valence-corrected chi connectivity index (χ0v) is 17.1. The molecule has 0 N–H and O–H groups in total. The number of amides is 1. The van der Waals surface area contributed by atoms with Crippen molar-refractivity contribution < 1.29 is 23.7 Å². The average Bonchev–Trinajstić information content (AvgIpc) is 3.30. The molecule has 0 radical (unpaired) electrons. The van der Waals surface area contributed by atoms with Crippen molar-refractivity contribution in [2.24, 2.45) is 0 Å². The number of carbonyl (C=O) groups is 1. The van der Waals surface area contributed by atoms with Gasteiger partial charge in [0.25, 0.3) is 0 Å². The van der Waals surface area contributed by atoms with E-state index in [-0.39, 0.29) is 12.5 Å². The minimum atomic E-state index is -0.888. The van der Waals surface area contributed by atoms with E-state index in [1.54, 1.807) is 7.11 Å². The molecular formula is C25H21NO5. The van der Waals surface area contributed by atoms with Crippen molar-refractivity contribution in [3.63, 3.8) is 0 Å². The molecule has 6 nitrogen and oxygen atoms in total. The molecule has 3 aromatic carbocycles. The van der Waals surface area contributed by atoms with Crippen molar-refractivity contribution in [1.29, 1.82) is 0 Å². The summed E-state index contributed by atoms with van der Waals surface area (Å²) in [6.07, 6.45) is 0. The first kappa shape index (κ1) is 18.1. The summed E-state index contributed by atoms with van der Waals surface area (Å²) in [7, 11) is 1.64. The first-order valence-electron chi connectivity index (χ1n) is 10.3. The zero-order chi connectivity index (χ0) is 21.0. The highest BCUT2D eigenvalue weighted by Crippen LogP contribution is 2.55. The molecule has 3 heterocycles. The lowest BCUT2D eigenvalue weighted by Gasteiger charge is -2.24. The minimum absolute atomic E-state index is 0.00643. The first-order valence-corrected chi connectivity index (χ1v) is 10.3. The molecule has 3 aromatic rings. The van der Waals surface area contributed by atoms with E-state index >= 15 is 0 Å². The van der Waals surface area contributed by atoms with Gasteiger partial charge in [-0.2, -0.15) is 0 Å². The summed E-state index contributed by atoms with van der Waals surface area (Å²) >= 11 is 0. The smallest absolute Gasteiger partial charge is 0.246 e. The minimum Gasteiger partial charge on any atom is -0.497 e. The van der Waals surface area contributed by atoms with E-state index in [1.165, 1.54) is 0 Å². The maximum atomic E-state index is 14.0. The third kappa shape index (κ3) is 2.54. The molecule has 0 aliphatic carbocycles. The lowest BCUT2D eigenvalue weighted by molar-refractivity contribution is -0.122. The predicted octanol–water partition coefficient (Wildman–Crippen LogP) is 3.69. The van der Waals surface area contributed by atoms with E-state index < -0.39 is 5.41 Å². The average molecular weight is 415 g/mol. The van der Waals surface area contributed by atoms with E-state index in [0.717, 1.165) is 28.1 Å². The molecule has 6 rings (SSSR count). The van der Waals surface area contributed by atoms with Gasteiger partial charge >= 0.3 is 0 Å². The summed E-state index contributed by atoms with van der Waals surface area (Å²) in [5.41, 5.74) is 2.81. The lowest BCUT2D eigenvalue weighted by atomic mass is 9.77. The Morgan fingerprint density at radius 1 is 0.903 bits per heavy atom. The molecule has 1 spiro atoms. The molecular weight excluding hydrogens is 394 g/mol. The van der Waals surface area contributed by atoms with Crippen LogP contribution in [0.25, 0.3) is 0 Å². The molecule has 31 heavy (non-hydrogen) atoms. The van der Waals surface area contributed by atoms with Gasteiger partial charge in [0, 0.05) is 17.3 Å². The molecule has 0 saturated heterocycles. The Balaban J connectivity index is 1.47. The highest BCUT2D eigenvalue weighted by molar-refractivity contribution is 6.11. The number of fused-ring (bicyclic) bond motifs is 5. The number of methoxy groups -OCH3 is 1. The Morgan fingerprint density at radius 2 is 1.71 bits per heavy atom. The monoisotopic (exact) mass is 415 g/mol. The van der Waals surface area contributed by atoms with Crippen LogP contribution in [0, 0.1) is 0 Å². The Hall–Kier alpha value is -3.67. The largest absolute Gasteiger partial charge is 0.497 e. The first-order chi connectivity index (χ1) is 15.2. The third-order valence-corrected chi connectivity index (χ3v) is 6.29. The van der Waals surface area contributed by atoms with E-state index in [4.69, 9.17) is 18.9 Å². The number of ether oxygens (including phenoxy) is 4. The second-order valence-corrected chi connectivity index (χ2v) is 7.95. The van der Waals surface area contributed by atoms with Crippen LogP contribution in [0.3, 0.4) is 0 Å². The number of hydrogen-bond acceptors (Lipinski definition) is 5. The van der Waals surface area contributed by atoms with E-state index in [0.29, 0.717) is 37.0 Å². The highest BCUT2D eigenvalue weighted by atomic mass is 16.6. The topological polar surface area (TPSA) is 57.2 Å². The second-order valence-electron chi connectivity index (χ2n) is 7.95. The van der Waals surface area contributed by atoms with Crippen LogP contribution in [0.1, 0.15) is 16.7 Å². The molecule has 6 heteroatoms. The number of nitrogens with zero attached hydrogens (tertiary/aromatic N) is 1. The fraction of sp³-hybridized carbons (Fsp3) is 0.240. The van der Waals surface area contributed by atoms with E-state index in [9.17, 15) is 4.79 Å². The summed E-state index contributed by atoms with van der Waals surface area (Å²) in [5, 5.41) is 0. The standard InChI is InChI=1S/C25H21NO5/c1-28-17-6-4-5-16(11-17)14-26-20-8-3-2-7-18(20)25(24(26)27)15-31-21-13-23-22(12-19(21)25)29-9-10-30-23/h2-8,11-13H,9-10,14-15H2,1H3. The SMILES string of the molecule is COc1cccc(CN2C(=O)C3(COc4cc5c(cc43)OCCO5)c3ccccc32)c1. The van der Waals surface area contributed by atoms with Crippen LogP contribution in [0.4, 0.5) is 5.69 Å². The van der Waals surface area contributed by atoms with Crippen molar-refractivity contribution >= 4 is 11.6 Å². The second kappa shape index (κ2) is 6.67. The van der Waals surface area contributed by atoms with Crippen molar-refractivity contribution in [2.75, 3.05) is 31.8 Å². The zero-order valence-electron chi connectivity index (χ0n) is 17.1. The molecule has 1 unspecified atom stereocenters. The molecule has 0 aromatic heterocycles. The Bertz CT molecular complexity index is 1210. The maximum absolute atomic E-state index is 14.0. The summed E-state index contributed by atoms with van der Waals surface area (Å²) in [5.74, 6) is 2.77. The highest BCUT2D eigenvalue weighted by Gasteiger charge is 2.57. The molecule has 1 atom stereocenters. The van der Waals surface area contributed by atoms with Gasteiger partial charge in [-0.25, -0.2) is 0 Å². The van der Waals surface area contributed by atoms with Crippen LogP contribution < -0.4 is 23.8 Å². The van der Waals surface area contributed by atoms with Gasteiger partial charge in [-0.05, 0) is 35.4 Å². The number of carbonyl (C=O) groups excluding carboxylic acids is 1. The van der Waals surface area contributed by atoms with Gasteiger partial charge in [0.15, 0.2) is 11.5 Å². The van der Waals surface area contributed by atoms with Crippen LogP contribution in [-0.4, -0.2) is 32.8 Å². The maximum Gasteiger partial charge on any atom is 0.246 e. The lowest BCUT2D eigenvalue weighted by Crippen LogP contribution is -2.42. The fourth-order valence-electron chi connectivity index (χ4n) is 4.82. The van der Waals surface area contributed by atoms with Gasteiger partial charge in [-0.1, -0.05) is 30.3 Å². The number of anilines is 1. The molecule has 0 bridgehead atoms.